The van der Waals surface area contributed by atoms with Crippen LogP contribution >= 0.6 is 7.82 Å². The molecular formula is H8CaMgNaO4P. The molecule has 0 aliphatic rings. The Balaban J connectivity index is -0.0000000267. The van der Waals surface area contributed by atoms with Crippen LogP contribution in [0, 0.1) is 0 Å². The van der Waals surface area contributed by atoms with Gasteiger partial charge in [-0.1, -0.05) is 0 Å². The first-order valence-corrected chi connectivity index (χ1v) is 2.35. The van der Waals surface area contributed by atoms with Crippen LogP contribution in [0.3, 0.4) is 0 Å². The summed E-state index contributed by atoms with van der Waals surface area (Å²) in [6.45, 7) is 0. The molecule has 0 bridgehead atoms. The normalized spacial score (nSPS) is 7.38. The van der Waals surface area contributed by atoms with E-state index in [2.05, 4.69) is 0 Å². The number of hydrogen-bond acceptors (Lipinski definition) is 1. The number of hydrogen-bond donors (Lipinski definition) is 3. The van der Waals surface area contributed by atoms with E-state index >= 15 is 0 Å². The fraction of sp³-hybridized carbons (Fsp3) is 0. The van der Waals surface area contributed by atoms with Crippen molar-refractivity contribution in [3.63, 3.8) is 0 Å². The summed E-state index contributed by atoms with van der Waals surface area (Å²) in [7, 11) is -4.64. The van der Waals surface area contributed by atoms with Gasteiger partial charge in [-0.15, -0.1) is 0 Å². The van der Waals surface area contributed by atoms with Crippen molar-refractivity contribution in [3.8, 4) is 0 Å². The summed E-state index contributed by atoms with van der Waals surface area (Å²) in [5.74, 6) is 0. The molecule has 42 valence electrons. The Labute approximate surface area is 115 Å². The maximum absolute atomic E-state index is 8.88. The van der Waals surface area contributed by atoms with Crippen LogP contribution in [0.5, 0.6) is 0 Å². The van der Waals surface area contributed by atoms with E-state index in [1.54, 1.807) is 0 Å². The van der Waals surface area contributed by atoms with Crippen LogP contribution in [-0.2, 0) is 4.57 Å². The van der Waals surface area contributed by atoms with Gasteiger partial charge < -0.3 is 14.7 Å². The molecule has 0 aliphatic heterocycles. The predicted molar refractivity (Wildman–Crippen MR) is 38.5 cm³/mol. The maximum atomic E-state index is 8.88. The van der Waals surface area contributed by atoms with Crippen LogP contribution in [-0.4, -0.2) is 105 Å². The molecule has 0 unspecified atom stereocenters. The third kappa shape index (κ3) is 61.5. The van der Waals surface area contributed by atoms with E-state index in [9.17, 15) is 0 Å². The Bertz CT molecular complexity index is 62.2. The predicted octanol–water partition coefficient (Wildman–Crippen LogP) is -3.41. The number of rotatable bonds is 0. The molecule has 0 aliphatic carbocycles. The molecule has 0 aromatic rings. The van der Waals surface area contributed by atoms with Gasteiger partial charge in [-0.05, 0) is 0 Å². The molecule has 0 amide bonds. The van der Waals surface area contributed by atoms with E-state index in [1.807, 2.05) is 0 Å². The minimum atomic E-state index is -4.64. The van der Waals surface area contributed by atoms with Gasteiger partial charge in [0.1, 0.15) is 0 Å². The minimum absolute atomic E-state index is 0. The molecule has 8 heteroatoms. The zero-order valence-corrected chi connectivity index (χ0v) is 3.09. The van der Waals surface area contributed by atoms with E-state index in [4.69, 9.17) is 19.2 Å². The zero-order valence-electron chi connectivity index (χ0n) is 2.20. The third-order valence-electron chi connectivity index (χ3n) is 0. The summed E-state index contributed by atoms with van der Waals surface area (Å²) in [6.07, 6.45) is 0. The van der Waals surface area contributed by atoms with E-state index < -0.39 is 7.82 Å². The van der Waals surface area contributed by atoms with Gasteiger partial charge in [0.15, 0.2) is 0 Å². The monoisotopic (exact) mass is 190 g/mol. The summed E-state index contributed by atoms with van der Waals surface area (Å²) in [6, 6.07) is 0. The molecule has 0 saturated carbocycles. The first kappa shape index (κ1) is 22.5. The Morgan fingerprint density at radius 1 is 1.12 bits per heavy atom. The quantitative estimate of drug-likeness (QED) is 0.275. The summed E-state index contributed by atoms with van der Waals surface area (Å²) >= 11 is 0. The molecule has 0 spiro atoms. The van der Waals surface area contributed by atoms with Crippen LogP contribution in [0.1, 0.15) is 0 Å². The standard InChI is InChI=1S/Ca.Mg.Na.H3O4P.5H/c;;;1-5(2,3)4;;;;;/h;;;(H3,1,2,3,4);;;;;. The topological polar surface area (TPSA) is 77.8 Å². The average molecular weight is 190 g/mol. The molecule has 0 aromatic carbocycles. The van der Waals surface area contributed by atoms with E-state index in [0.717, 1.165) is 0 Å². The summed E-state index contributed by atoms with van der Waals surface area (Å²) in [4.78, 5) is 21.6. The van der Waals surface area contributed by atoms with Crippen molar-refractivity contribution in [1.29, 1.82) is 0 Å². The first-order valence-electron chi connectivity index (χ1n) is 0.783. The zero-order chi connectivity index (χ0) is 4.50. The molecule has 0 aromatic heterocycles. The van der Waals surface area contributed by atoms with Gasteiger partial charge in [0.2, 0.25) is 0 Å². The molecule has 0 rings (SSSR count). The molecule has 4 nitrogen and oxygen atoms in total. The Morgan fingerprint density at radius 3 is 1.12 bits per heavy atom. The van der Waals surface area contributed by atoms with Gasteiger partial charge in [-0.2, -0.15) is 0 Å². The third-order valence-corrected chi connectivity index (χ3v) is 0. The van der Waals surface area contributed by atoms with Gasteiger partial charge >= 0.3 is 98.2 Å². The summed E-state index contributed by atoms with van der Waals surface area (Å²) in [5.41, 5.74) is 0. The van der Waals surface area contributed by atoms with Gasteiger partial charge in [0.25, 0.3) is 0 Å². The fourth-order valence-electron chi connectivity index (χ4n) is 0. The molecule has 0 saturated heterocycles. The van der Waals surface area contributed by atoms with Crippen molar-refractivity contribution in [2.24, 2.45) is 0 Å². The molecule has 3 N–H and O–H groups in total. The molecule has 0 fully saturated rings. The molecule has 8 heavy (non-hydrogen) atoms. The summed E-state index contributed by atoms with van der Waals surface area (Å²) in [5, 5.41) is 0. The Hall–Kier alpha value is 3.14. The molecule has 0 heterocycles. The van der Waals surface area contributed by atoms with Crippen molar-refractivity contribution in [2.75, 3.05) is 0 Å². The van der Waals surface area contributed by atoms with Crippen molar-refractivity contribution in [2.45, 2.75) is 0 Å². The Morgan fingerprint density at radius 2 is 1.12 bits per heavy atom. The molecule has 0 radical (unpaired) electrons. The molecule has 0 atom stereocenters. The van der Waals surface area contributed by atoms with Crippen molar-refractivity contribution in [1.82, 2.24) is 0 Å². The van der Waals surface area contributed by atoms with Crippen molar-refractivity contribution in [3.05, 3.63) is 0 Å². The van der Waals surface area contributed by atoms with Crippen molar-refractivity contribution >= 4 is 98.2 Å². The van der Waals surface area contributed by atoms with E-state index in [-0.39, 0.29) is 90.3 Å². The number of phosphoric acid groups is 1. The van der Waals surface area contributed by atoms with Crippen LogP contribution in [0.25, 0.3) is 0 Å². The second kappa shape index (κ2) is 10.1. The van der Waals surface area contributed by atoms with E-state index in [0.29, 0.717) is 0 Å². The Kier molecular flexibility index (Phi) is 28.5. The first-order chi connectivity index (χ1) is 2.00. The van der Waals surface area contributed by atoms with Crippen LogP contribution in [0.2, 0.25) is 0 Å². The summed E-state index contributed by atoms with van der Waals surface area (Å²) < 4.78 is 8.88. The second-order valence-electron chi connectivity index (χ2n) is 0.513. The fourth-order valence-corrected chi connectivity index (χ4v) is 0. The van der Waals surface area contributed by atoms with Crippen LogP contribution in [0.15, 0.2) is 0 Å². The van der Waals surface area contributed by atoms with Gasteiger partial charge in [0.05, 0.1) is 0 Å². The van der Waals surface area contributed by atoms with Crippen LogP contribution < -0.4 is 0 Å². The second-order valence-corrected chi connectivity index (χ2v) is 1.54. The molecular weight excluding hydrogens is 182 g/mol. The van der Waals surface area contributed by atoms with Gasteiger partial charge in [-0.25, -0.2) is 4.57 Å². The average Bonchev–Trinajstić information content (AvgIpc) is 0.722. The SMILES string of the molecule is O=P(O)(O)O.[CaH2].[MgH2].[NaH]. The van der Waals surface area contributed by atoms with Crippen molar-refractivity contribution < 1.29 is 19.2 Å². The van der Waals surface area contributed by atoms with Gasteiger partial charge in [-0.3, -0.25) is 0 Å². The van der Waals surface area contributed by atoms with Gasteiger partial charge in [0, 0.05) is 0 Å². The van der Waals surface area contributed by atoms with Crippen LogP contribution in [0.4, 0.5) is 0 Å². The van der Waals surface area contributed by atoms with E-state index in [1.165, 1.54) is 0 Å².